The van der Waals surface area contributed by atoms with Crippen molar-refractivity contribution in [2.24, 2.45) is 11.3 Å². The van der Waals surface area contributed by atoms with Gasteiger partial charge in [0.05, 0.1) is 0 Å². The second-order valence-electron chi connectivity index (χ2n) is 7.65. The molecule has 0 unspecified atom stereocenters. The zero-order valence-electron chi connectivity index (χ0n) is 13.9. The van der Waals surface area contributed by atoms with Crippen LogP contribution in [-0.4, -0.2) is 57.7 Å². The van der Waals surface area contributed by atoms with E-state index in [0.717, 1.165) is 13.1 Å². The maximum Gasteiger partial charge on any atom is 0.410 e. The quantitative estimate of drug-likeness (QED) is 0.781. The van der Waals surface area contributed by atoms with Crippen LogP contribution in [0.1, 0.15) is 27.7 Å². The average Bonchev–Trinajstić information content (AvgIpc) is 2.88. The van der Waals surface area contributed by atoms with E-state index in [9.17, 15) is 4.79 Å². The summed E-state index contributed by atoms with van der Waals surface area (Å²) >= 11 is 5.85. The van der Waals surface area contributed by atoms with Crippen molar-refractivity contribution in [1.29, 1.82) is 0 Å². The fourth-order valence-electron chi connectivity index (χ4n) is 3.38. The zero-order chi connectivity index (χ0) is 16.8. The van der Waals surface area contributed by atoms with Crippen molar-refractivity contribution in [1.82, 2.24) is 19.9 Å². The zero-order valence-corrected chi connectivity index (χ0v) is 14.7. The number of carbonyl (C=O) groups is 1. The number of amides is 1. The number of halogens is 1. The molecule has 0 radical (unpaired) electrons. The lowest BCUT2D eigenvalue weighted by Gasteiger charge is -2.27. The lowest BCUT2D eigenvalue weighted by atomic mass is 9.83. The minimum Gasteiger partial charge on any atom is -0.444 e. The number of hydrogen-bond acceptors (Lipinski definition) is 6. The van der Waals surface area contributed by atoms with Gasteiger partial charge in [-0.25, -0.2) is 14.8 Å². The Hall–Kier alpha value is -1.63. The highest BCUT2D eigenvalue weighted by Gasteiger charge is 2.51. The Bertz CT molecular complexity index is 620. The summed E-state index contributed by atoms with van der Waals surface area (Å²) in [5.41, 5.74) is -0.459. The van der Waals surface area contributed by atoms with Gasteiger partial charge in [0.25, 0.3) is 0 Å². The molecule has 2 aliphatic rings. The van der Waals surface area contributed by atoms with Crippen molar-refractivity contribution in [2.45, 2.75) is 33.3 Å². The highest BCUT2D eigenvalue weighted by Crippen LogP contribution is 2.43. The van der Waals surface area contributed by atoms with E-state index in [4.69, 9.17) is 16.3 Å². The predicted molar refractivity (Wildman–Crippen MR) is 86.5 cm³/mol. The summed E-state index contributed by atoms with van der Waals surface area (Å²) in [6.45, 7) is 10.8. The number of carbonyl (C=O) groups excluding carboxylic acids is 1. The molecule has 0 aromatic carbocycles. The highest BCUT2D eigenvalue weighted by atomic mass is 35.5. The van der Waals surface area contributed by atoms with Crippen molar-refractivity contribution in [3.8, 4) is 0 Å². The van der Waals surface area contributed by atoms with Gasteiger partial charge in [-0.05, 0) is 32.4 Å². The van der Waals surface area contributed by atoms with Gasteiger partial charge in [-0.1, -0.05) is 6.92 Å². The topological polar surface area (TPSA) is 71.5 Å². The van der Waals surface area contributed by atoms with Gasteiger partial charge in [0.1, 0.15) is 11.9 Å². The number of ether oxygens (including phenoxy) is 1. The van der Waals surface area contributed by atoms with Crippen molar-refractivity contribution >= 4 is 23.6 Å². The van der Waals surface area contributed by atoms with E-state index < -0.39 is 5.60 Å². The largest absolute Gasteiger partial charge is 0.444 e. The first kappa shape index (κ1) is 16.2. The first-order chi connectivity index (χ1) is 10.7. The van der Waals surface area contributed by atoms with Gasteiger partial charge < -0.3 is 14.5 Å². The summed E-state index contributed by atoms with van der Waals surface area (Å²) in [5, 5.41) is 0.201. The van der Waals surface area contributed by atoms with E-state index in [1.54, 1.807) is 0 Å². The van der Waals surface area contributed by atoms with Crippen LogP contribution in [0.15, 0.2) is 6.33 Å². The monoisotopic (exact) mass is 339 g/mol. The molecule has 1 aromatic rings. The predicted octanol–water partition coefficient (Wildman–Crippen LogP) is 2.22. The number of nitrogens with zero attached hydrogens (tertiary/aromatic N) is 5. The lowest BCUT2D eigenvalue weighted by molar-refractivity contribution is 0.0273. The molecule has 0 spiro atoms. The number of aromatic nitrogens is 3. The Morgan fingerprint density at radius 2 is 2.09 bits per heavy atom. The summed E-state index contributed by atoms with van der Waals surface area (Å²) in [6.07, 6.45) is 1.19. The smallest absolute Gasteiger partial charge is 0.410 e. The van der Waals surface area contributed by atoms with Crippen molar-refractivity contribution in [2.75, 3.05) is 31.1 Å². The third-order valence-electron chi connectivity index (χ3n) is 4.44. The van der Waals surface area contributed by atoms with E-state index in [0.29, 0.717) is 25.0 Å². The summed E-state index contributed by atoms with van der Waals surface area (Å²) in [5.74, 6) is 0.968. The lowest BCUT2D eigenvalue weighted by Crippen LogP contribution is -2.39. The molecule has 3 heterocycles. The van der Waals surface area contributed by atoms with Gasteiger partial charge in [0.2, 0.25) is 11.2 Å². The normalized spacial score (nSPS) is 27.3. The standard InChI is InChI=1S/C15H22ClN5O2/c1-14(2,3)23-13(22)21-6-10-5-20(7-15(10,4)8-21)12-18-9-17-11(16)19-12/h9-10H,5-8H2,1-4H3/t10-,15+/m0/s1. The molecule has 23 heavy (non-hydrogen) atoms. The molecule has 0 aliphatic carbocycles. The molecular weight excluding hydrogens is 318 g/mol. The molecule has 8 heteroatoms. The van der Waals surface area contributed by atoms with E-state index in [1.807, 2.05) is 25.7 Å². The molecule has 2 fully saturated rings. The number of hydrogen-bond donors (Lipinski definition) is 0. The summed E-state index contributed by atoms with van der Waals surface area (Å²) in [7, 11) is 0. The van der Waals surface area contributed by atoms with Crippen LogP contribution in [-0.2, 0) is 4.74 Å². The van der Waals surface area contributed by atoms with E-state index in [-0.39, 0.29) is 16.8 Å². The van der Waals surface area contributed by atoms with Gasteiger partial charge >= 0.3 is 6.09 Å². The summed E-state index contributed by atoms with van der Waals surface area (Å²) < 4.78 is 5.48. The molecule has 2 aliphatic heterocycles. The number of anilines is 1. The second-order valence-corrected chi connectivity index (χ2v) is 7.98. The fraction of sp³-hybridized carbons (Fsp3) is 0.733. The van der Waals surface area contributed by atoms with Crippen LogP contribution in [0.3, 0.4) is 0 Å². The van der Waals surface area contributed by atoms with Crippen molar-refractivity contribution in [3.05, 3.63) is 11.6 Å². The van der Waals surface area contributed by atoms with Gasteiger partial charge in [0.15, 0.2) is 0 Å². The Labute approximate surface area is 141 Å². The van der Waals surface area contributed by atoms with Crippen LogP contribution < -0.4 is 4.90 Å². The molecule has 7 nitrogen and oxygen atoms in total. The van der Waals surface area contributed by atoms with Crippen LogP contribution in [0.25, 0.3) is 0 Å². The van der Waals surface area contributed by atoms with E-state index in [2.05, 4.69) is 26.8 Å². The average molecular weight is 340 g/mol. The van der Waals surface area contributed by atoms with E-state index >= 15 is 0 Å². The fourth-order valence-corrected chi connectivity index (χ4v) is 3.50. The molecular formula is C15H22ClN5O2. The Kier molecular flexibility index (Phi) is 3.86. The Balaban J connectivity index is 1.67. The first-order valence-electron chi connectivity index (χ1n) is 7.74. The van der Waals surface area contributed by atoms with Crippen molar-refractivity contribution in [3.63, 3.8) is 0 Å². The molecule has 3 rings (SSSR count). The molecule has 126 valence electrons. The van der Waals surface area contributed by atoms with Gasteiger partial charge in [0, 0.05) is 37.5 Å². The molecule has 1 amide bonds. The SMILES string of the molecule is CC(C)(C)OC(=O)N1C[C@@H]2CN(c3ncnc(Cl)n3)C[C@]2(C)C1. The minimum atomic E-state index is -0.469. The summed E-state index contributed by atoms with van der Waals surface area (Å²) in [4.78, 5) is 28.4. The number of likely N-dealkylation sites (tertiary alicyclic amines) is 1. The van der Waals surface area contributed by atoms with Crippen LogP contribution >= 0.6 is 11.6 Å². The summed E-state index contributed by atoms with van der Waals surface area (Å²) in [6, 6.07) is 0. The molecule has 2 atom stereocenters. The first-order valence-corrected chi connectivity index (χ1v) is 8.11. The third kappa shape index (κ3) is 3.34. The van der Waals surface area contributed by atoms with Crippen LogP contribution in [0.4, 0.5) is 10.7 Å². The Morgan fingerprint density at radius 1 is 1.35 bits per heavy atom. The molecule has 2 saturated heterocycles. The molecule has 0 saturated carbocycles. The number of rotatable bonds is 1. The van der Waals surface area contributed by atoms with Gasteiger partial charge in [-0.3, -0.25) is 0 Å². The molecule has 1 aromatic heterocycles. The molecule has 0 N–H and O–H groups in total. The Morgan fingerprint density at radius 3 is 2.70 bits per heavy atom. The van der Waals surface area contributed by atoms with Gasteiger partial charge in [-0.15, -0.1) is 0 Å². The second kappa shape index (κ2) is 5.47. The van der Waals surface area contributed by atoms with Crippen LogP contribution in [0.5, 0.6) is 0 Å². The van der Waals surface area contributed by atoms with Gasteiger partial charge in [-0.2, -0.15) is 4.98 Å². The van der Waals surface area contributed by atoms with Crippen LogP contribution in [0.2, 0.25) is 5.28 Å². The number of fused-ring (bicyclic) bond motifs is 1. The van der Waals surface area contributed by atoms with Crippen molar-refractivity contribution < 1.29 is 9.53 Å². The maximum absolute atomic E-state index is 12.3. The maximum atomic E-state index is 12.3. The molecule has 0 bridgehead atoms. The highest BCUT2D eigenvalue weighted by molar-refractivity contribution is 6.28. The van der Waals surface area contributed by atoms with E-state index in [1.165, 1.54) is 6.33 Å². The minimum absolute atomic E-state index is 0.00993. The third-order valence-corrected chi connectivity index (χ3v) is 4.62. The van der Waals surface area contributed by atoms with Crippen LogP contribution in [0, 0.1) is 11.3 Å².